The van der Waals surface area contributed by atoms with Crippen LogP contribution in [0, 0.1) is 15.9 Å². The molecule has 5 rings (SSSR count). The number of nitro groups is 1. The summed E-state index contributed by atoms with van der Waals surface area (Å²) in [6, 6.07) is 19.8. The summed E-state index contributed by atoms with van der Waals surface area (Å²) >= 11 is 0. The number of nitrogens with zero attached hydrogens (tertiary/aromatic N) is 2. The van der Waals surface area contributed by atoms with Gasteiger partial charge in [0.2, 0.25) is 0 Å². The quantitative estimate of drug-likeness (QED) is 0.127. The number of aromatic nitrogens is 1. The predicted molar refractivity (Wildman–Crippen MR) is 138 cm³/mol. The summed E-state index contributed by atoms with van der Waals surface area (Å²) in [6.45, 7) is -0.0206. The average Bonchev–Trinajstić information content (AvgIpc) is 2.91. The third-order valence-corrected chi connectivity index (χ3v) is 6.23. The molecule has 1 aliphatic carbocycles. The van der Waals surface area contributed by atoms with Crippen LogP contribution in [0.15, 0.2) is 72.8 Å². The van der Waals surface area contributed by atoms with Gasteiger partial charge in [-0.2, -0.15) is 0 Å². The van der Waals surface area contributed by atoms with Gasteiger partial charge in [0.1, 0.15) is 13.2 Å². The van der Waals surface area contributed by atoms with E-state index in [0.717, 1.165) is 35.2 Å². The Balaban J connectivity index is 1.44. The third-order valence-electron chi connectivity index (χ3n) is 6.23. The third kappa shape index (κ3) is 5.18. The summed E-state index contributed by atoms with van der Waals surface area (Å²) in [7, 11) is 0. The first kappa shape index (κ1) is 24.1. The molecule has 1 aromatic heterocycles. The summed E-state index contributed by atoms with van der Waals surface area (Å²) < 4.78 is 24.7. The molecule has 0 N–H and O–H groups in total. The molecule has 3 aromatic carbocycles. The minimum atomic E-state index is -0.483. The lowest BCUT2D eigenvalue weighted by Crippen LogP contribution is -2.18. The fourth-order valence-electron chi connectivity index (χ4n) is 4.52. The zero-order valence-corrected chi connectivity index (χ0v) is 19.9. The standard InChI is InChI=1S/C29H23FN2O5/c30-24-9-2-4-11-26(24)36-16-17-37-29(33)27-22-7-1-3-10-25(22)31-28-20(6-5-8-23(27)28)18-19-12-14-21(15-13-19)32(34)35/h1-4,7,9-15,18H,5-6,8,16-17H2. The Bertz CT molecular complexity index is 1520. The Morgan fingerprint density at radius 1 is 1.00 bits per heavy atom. The molecule has 0 fully saturated rings. The Morgan fingerprint density at radius 3 is 2.54 bits per heavy atom. The van der Waals surface area contributed by atoms with Crippen molar-refractivity contribution in [2.45, 2.75) is 19.3 Å². The summed E-state index contributed by atoms with van der Waals surface area (Å²) in [5, 5.41) is 11.7. The van der Waals surface area contributed by atoms with Crippen molar-refractivity contribution in [3.05, 3.63) is 111 Å². The van der Waals surface area contributed by atoms with E-state index in [9.17, 15) is 19.3 Å². The number of esters is 1. The van der Waals surface area contributed by atoms with Gasteiger partial charge in [0.05, 0.1) is 21.7 Å². The van der Waals surface area contributed by atoms with Crippen LogP contribution in [0.4, 0.5) is 10.1 Å². The van der Waals surface area contributed by atoms with E-state index in [1.807, 2.05) is 30.3 Å². The number of non-ortho nitro benzene ring substituents is 1. The van der Waals surface area contributed by atoms with Crippen molar-refractivity contribution in [3.63, 3.8) is 0 Å². The highest BCUT2D eigenvalue weighted by Crippen LogP contribution is 2.36. The van der Waals surface area contributed by atoms with Gasteiger partial charge in [-0.3, -0.25) is 10.1 Å². The number of allylic oxidation sites excluding steroid dienone is 1. The van der Waals surface area contributed by atoms with Crippen LogP contribution in [-0.4, -0.2) is 29.1 Å². The number of benzene rings is 3. The van der Waals surface area contributed by atoms with Crippen molar-refractivity contribution in [3.8, 4) is 5.75 Å². The number of ether oxygens (including phenoxy) is 2. The van der Waals surface area contributed by atoms with Gasteiger partial charge < -0.3 is 9.47 Å². The number of carbonyl (C=O) groups excluding carboxylic acids is 1. The van der Waals surface area contributed by atoms with Crippen LogP contribution in [0.5, 0.6) is 5.75 Å². The molecule has 0 spiro atoms. The maximum absolute atomic E-state index is 13.8. The van der Waals surface area contributed by atoms with E-state index in [-0.39, 0.29) is 24.7 Å². The molecular weight excluding hydrogens is 475 g/mol. The number of rotatable bonds is 7. The maximum Gasteiger partial charge on any atom is 0.339 e. The monoisotopic (exact) mass is 498 g/mol. The van der Waals surface area contributed by atoms with Crippen LogP contribution < -0.4 is 4.74 Å². The zero-order valence-electron chi connectivity index (χ0n) is 19.9. The molecule has 0 amide bonds. The molecule has 7 nitrogen and oxygen atoms in total. The van der Waals surface area contributed by atoms with Crippen molar-refractivity contribution in [1.82, 2.24) is 4.98 Å². The Hall–Kier alpha value is -4.59. The van der Waals surface area contributed by atoms with E-state index in [1.165, 1.54) is 24.3 Å². The maximum atomic E-state index is 13.8. The molecule has 186 valence electrons. The molecule has 0 bridgehead atoms. The van der Waals surface area contributed by atoms with E-state index in [1.54, 1.807) is 24.3 Å². The van der Waals surface area contributed by atoms with Gasteiger partial charge in [-0.15, -0.1) is 0 Å². The molecule has 0 saturated heterocycles. The van der Waals surface area contributed by atoms with Crippen molar-refractivity contribution in [2.75, 3.05) is 13.2 Å². The van der Waals surface area contributed by atoms with Gasteiger partial charge in [0, 0.05) is 17.5 Å². The van der Waals surface area contributed by atoms with Crippen molar-refractivity contribution < 1.29 is 23.6 Å². The molecule has 0 atom stereocenters. The first-order valence-corrected chi connectivity index (χ1v) is 11.9. The lowest BCUT2D eigenvalue weighted by Gasteiger charge is -2.22. The van der Waals surface area contributed by atoms with Crippen LogP contribution in [0.1, 0.15) is 40.0 Å². The van der Waals surface area contributed by atoms with Crippen molar-refractivity contribution >= 4 is 34.2 Å². The Labute approximate surface area is 212 Å². The van der Waals surface area contributed by atoms with Gasteiger partial charge in [0.15, 0.2) is 11.6 Å². The molecule has 37 heavy (non-hydrogen) atoms. The molecule has 4 aromatic rings. The van der Waals surface area contributed by atoms with Gasteiger partial charge in [-0.25, -0.2) is 14.2 Å². The molecule has 0 saturated carbocycles. The highest BCUT2D eigenvalue weighted by Gasteiger charge is 2.26. The number of fused-ring (bicyclic) bond motifs is 2. The minimum absolute atomic E-state index is 0.0170. The number of hydrogen-bond donors (Lipinski definition) is 0. The van der Waals surface area contributed by atoms with Crippen molar-refractivity contribution in [2.24, 2.45) is 0 Å². The van der Waals surface area contributed by atoms with Crippen LogP contribution in [-0.2, 0) is 11.2 Å². The lowest BCUT2D eigenvalue weighted by molar-refractivity contribution is -0.384. The molecule has 0 radical (unpaired) electrons. The smallest absolute Gasteiger partial charge is 0.339 e. The van der Waals surface area contributed by atoms with Gasteiger partial charge in [-0.1, -0.05) is 30.3 Å². The molecule has 0 aliphatic heterocycles. The average molecular weight is 499 g/mol. The summed E-state index contributed by atoms with van der Waals surface area (Å²) in [5.41, 5.74) is 4.50. The lowest BCUT2D eigenvalue weighted by atomic mass is 9.86. The van der Waals surface area contributed by atoms with Gasteiger partial charge in [-0.05, 0) is 72.4 Å². The van der Waals surface area contributed by atoms with E-state index < -0.39 is 16.7 Å². The topological polar surface area (TPSA) is 91.6 Å². The predicted octanol–water partition coefficient (Wildman–Crippen LogP) is 6.39. The molecule has 8 heteroatoms. The molecule has 0 unspecified atom stereocenters. The summed E-state index contributed by atoms with van der Waals surface area (Å²) in [5.74, 6) is -0.856. The van der Waals surface area contributed by atoms with E-state index >= 15 is 0 Å². The largest absolute Gasteiger partial charge is 0.487 e. The van der Waals surface area contributed by atoms with Crippen LogP contribution in [0.2, 0.25) is 0 Å². The van der Waals surface area contributed by atoms with E-state index in [2.05, 4.69) is 0 Å². The minimum Gasteiger partial charge on any atom is -0.487 e. The first-order valence-electron chi connectivity index (χ1n) is 11.9. The zero-order chi connectivity index (χ0) is 25.8. The second-order valence-corrected chi connectivity index (χ2v) is 8.62. The first-order chi connectivity index (χ1) is 18.0. The van der Waals surface area contributed by atoms with Crippen LogP contribution in [0.25, 0.3) is 22.6 Å². The summed E-state index contributed by atoms with van der Waals surface area (Å²) in [6.07, 6.45) is 4.21. The highest BCUT2D eigenvalue weighted by molar-refractivity contribution is 6.06. The molecule has 1 aliphatic rings. The number of carbonyl (C=O) groups is 1. The van der Waals surface area contributed by atoms with Gasteiger partial charge in [0.25, 0.3) is 5.69 Å². The normalized spacial score (nSPS) is 13.8. The van der Waals surface area contributed by atoms with Crippen LogP contribution >= 0.6 is 0 Å². The second kappa shape index (κ2) is 10.6. The summed E-state index contributed by atoms with van der Waals surface area (Å²) in [4.78, 5) is 28.7. The number of nitro benzene ring substituents is 1. The SMILES string of the molecule is O=C(OCCOc1ccccc1F)c1c2c(nc3ccccc13)C(=Cc1ccc([N+](=O)[O-])cc1)CCC2. The number of pyridine rings is 1. The van der Waals surface area contributed by atoms with Gasteiger partial charge >= 0.3 is 5.97 Å². The molecule has 1 heterocycles. The van der Waals surface area contributed by atoms with Crippen molar-refractivity contribution in [1.29, 1.82) is 0 Å². The number of hydrogen-bond acceptors (Lipinski definition) is 6. The molecular formula is C29H23FN2O5. The fourth-order valence-corrected chi connectivity index (χ4v) is 4.52. The van der Waals surface area contributed by atoms with E-state index in [4.69, 9.17) is 14.5 Å². The highest BCUT2D eigenvalue weighted by atomic mass is 19.1. The van der Waals surface area contributed by atoms with E-state index in [0.29, 0.717) is 22.9 Å². The van der Waals surface area contributed by atoms with Crippen LogP contribution in [0.3, 0.4) is 0 Å². The number of para-hydroxylation sites is 2. The fraction of sp³-hybridized carbons (Fsp3) is 0.172. The Kier molecular flexibility index (Phi) is 6.89. The Morgan fingerprint density at radius 2 is 1.76 bits per heavy atom. The second-order valence-electron chi connectivity index (χ2n) is 8.62. The number of halogens is 1.